The Morgan fingerprint density at radius 3 is 2.71 bits per heavy atom. The minimum Gasteiger partial charge on any atom is -0.506 e. The van der Waals surface area contributed by atoms with Crippen LogP contribution < -0.4 is 11.1 Å². The highest BCUT2D eigenvalue weighted by atomic mass is 79.9. The predicted molar refractivity (Wildman–Crippen MR) is 73.7 cm³/mol. The summed E-state index contributed by atoms with van der Waals surface area (Å²) >= 11 is 6.61. The molecule has 1 rings (SSSR count). The lowest BCUT2D eigenvalue weighted by Gasteiger charge is -2.19. The van der Waals surface area contributed by atoms with E-state index in [-0.39, 0.29) is 24.2 Å². The largest absolute Gasteiger partial charge is 0.506 e. The monoisotopic (exact) mass is 364 g/mol. The number of nitrogens with two attached hydrogens (primary N) is 1. The molecule has 94 valence electrons. The first kappa shape index (κ1) is 14.5. The van der Waals surface area contributed by atoms with E-state index in [1.165, 1.54) is 0 Å². The highest BCUT2D eigenvalue weighted by molar-refractivity contribution is 9.11. The van der Waals surface area contributed by atoms with Crippen LogP contribution in [0.5, 0.6) is 5.75 Å². The van der Waals surface area contributed by atoms with Gasteiger partial charge in [-0.05, 0) is 34.5 Å². The fraction of sp³-hybridized carbons (Fsp3) is 0.364. The van der Waals surface area contributed by atoms with Crippen molar-refractivity contribution >= 4 is 37.8 Å². The van der Waals surface area contributed by atoms with E-state index in [0.717, 1.165) is 4.47 Å². The van der Waals surface area contributed by atoms with Crippen molar-refractivity contribution in [2.45, 2.75) is 19.4 Å². The lowest BCUT2D eigenvalue weighted by molar-refractivity contribution is -0.120. The molecule has 0 heterocycles. The van der Waals surface area contributed by atoms with Crippen LogP contribution in [0, 0.1) is 0 Å². The third-order valence-electron chi connectivity index (χ3n) is 2.36. The van der Waals surface area contributed by atoms with Gasteiger partial charge in [-0.1, -0.05) is 22.9 Å². The number of phenols is 1. The van der Waals surface area contributed by atoms with Crippen molar-refractivity contribution in [1.29, 1.82) is 0 Å². The van der Waals surface area contributed by atoms with Crippen LogP contribution in [-0.4, -0.2) is 17.6 Å². The Morgan fingerprint density at radius 2 is 2.18 bits per heavy atom. The van der Waals surface area contributed by atoms with Crippen molar-refractivity contribution in [3.05, 3.63) is 26.6 Å². The summed E-state index contributed by atoms with van der Waals surface area (Å²) in [5, 5.41) is 12.7. The molecule has 4 nitrogen and oxygen atoms in total. The molecular formula is C11H14Br2N2O2. The lowest BCUT2D eigenvalue weighted by atomic mass is 10.0. The fourth-order valence-electron chi connectivity index (χ4n) is 1.50. The summed E-state index contributed by atoms with van der Waals surface area (Å²) in [7, 11) is 0. The number of phenolic OH excluding ortho intramolecular Hbond substituents is 1. The van der Waals surface area contributed by atoms with Crippen LogP contribution in [0.1, 0.15) is 24.9 Å². The maximum absolute atomic E-state index is 11.3. The molecule has 0 saturated carbocycles. The molecule has 0 bridgehead atoms. The molecular weight excluding hydrogens is 352 g/mol. The van der Waals surface area contributed by atoms with E-state index in [9.17, 15) is 9.90 Å². The summed E-state index contributed by atoms with van der Waals surface area (Å²) in [6.45, 7) is 1.86. The van der Waals surface area contributed by atoms with Gasteiger partial charge in [0.1, 0.15) is 5.75 Å². The number of hydrogen-bond acceptors (Lipinski definition) is 3. The number of carbonyl (C=O) groups is 1. The normalized spacial score (nSPS) is 12.2. The topological polar surface area (TPSA) is 75.4 Å². The molecule has 0 aliphatic heterocycles. The quantitative estimate of drug-likeness (QED) is 0.767. The number of halogens is 2. The van der Waals surface area contributed by atoms with Crippen molar-refractivity contribution in [2.75, 3.05) is 6.54 Å². The molecule has 1 atom stereocenters. The standard InChI is InChI=1S/C11H14Br2N2O2/c1-2-9(15-10(16)5-14)7-3-6(12)4-8(13)11(7)17/h3-4,9,17H,2,5,14H2,1H3,(H,15,16). The number of amides is 1. The van der Waals surface area contributed by atoms with Crippen LogP contribution in [-0.2, 0) is 4.79 Å². The summed E-state index contributed by atoms with van der Waals surface area (Å²) in [4.78, 5) is 11.3. The number of benzene rings is 1. The van der Waals surface area contributed by atoms with E-state index in [1.54, 1.807) is 12.1 Å². The van der Waals surface area contributed by atoms with Crippen molar-refractivity contribution in [1.82, 2.24) is 5.32 Å². The Labute approximate surface area is 117 Å². The van der Waals surface area contributed by atoms with Gasteiger partial charge in [0.25, 0.3) is 0 Å². The minimum absolute atomic E-state index is 0.0631. The Kier molecular flexibility index (Phi) is 5.42. The second-order valence-electron chi connectivity index (χ2n) is 3.56. The van der Waals surface area contributed by atoms with Gasteiger partial charge >= 0.3 is 0 Å². The number of hydrogen-bond donors (Lipinski definition) is 3. The third kappa shape index (κ3) is 3.69. The van der Waals surface area contributed by atoms with E-state index >= 15 is 0 Å². The molecule has 0 aliphatic rings. The Balaban J connectivity index is 3.07. The van der Waals surface area contributed by atoms with E-state index in [2.05, 4.69) is 37.2 Å². The van der Waals surface area contributed by atoms with Crippen molar-refractivity contribution < 1.29 is 9.90 Å². The Morgan fingerprint density at radius 1 is 1.53 bits per heavy atom. The van der Waals surface area contributed by atoms with Gasteiger partial charge in [-0.25, -0.2) is 0 Å². The first-order valence-electron chi connectivity index (χ1n) is 5.16. The molecule has 0 radical (unpaired) electrons. The first-order valence-corrected chi connectivity index (χ1v) is 6.75. The molecule has 1 aromatic rings. The molecule has 1 amide bonds. The van der Waals surface area contributed by atoms with Gasteiger partial charge in [0, 0.05) is 10.0 Å². The van der Waals surface area contributed by atoms with Gasteiger partial charge < -0.3 is 16.2 Å². The smallest absolute Gasteiger partial charge is 0.234 e. The van der Waals surface area contributed by atoms with Gasteiger partial charge in [-0.15, -0.1) is 0 Å². The molecule has 6 heteroatoms. The van der Waals surface area contributed by atoms with Crippen LogP contribution in [0.25, 0.3) is 0 Å². The molecule has 0 spiro atoms. The zero-order valence-electron chi connectivity index (χ0n) is 9.34. The van der Waals surface area contributed by atoms with Gasteiger partial charge in [0.2, 0.25) is 5.91 Å². The van der Waals surface area contributed by atoms with Gasteiger partial charge in [-0.2, -0.15) is 0 Å². The first-order chi connectivity index (χ1) is 7.99. The van der Waals surface area contributed by atoms with Crippen LogP contribution >= 0.6 is 31.9 Å². The SMILES string of the molecule is CCC(NC(=O)CN)c1cc(Br)cc(Br)c1O. The highest BCUT2D eigenvalue weighted by Crippen LogP contribution is 2.36. The highest BCUT2D eigenvalue weighted by Gasteiger charge is 2.18. The summed E-state index contributed by atoms with van der Waals surface area (Å²) in [5.41, 5.74) is 5.92. The predicted octanol–water partition coefficient (Wildman–Crippen LogP) is 2.44. The Hall–Kier alpha value is -0.590. The molecule has 17 heavy (non-hydrogen) atoms. The average Bonchev–Trinajstić information content (AvgIpc) is 2.30. The van der Waals surface area contributed by atoms with Crippen molar-refractivity contribution in [3.8, 4) is 5.75 Å². The molecule has 0 fully saturated rings. The summed E-state index contributed by atoms with van der Waals surface area (Å²) < 4.78 is 1.42. The molecule has 1 aromatic carbocycles. The van der Waals surface area contributed by atoms with Crippen LogP contribution in [0.4, 0.5) is 0 Å². The number of carbonyl (C=O) groups excluding carboxylic acids is 1. The van der Waals surface area contributed by atoms with Crippen LogP contribution in [0.2, 0.25) is 0 Å². The van der Waals surface area contributed by atoms with E-state index in [1.807, 2.05) is 6.92 Å². The maximum Gasteiger partial charge on any atom is 0.234 e. The average molecular weight is 366 g/mol. The van der Waals surface area contributed by atoms with Crippen molar-refractivity contribution in [2.24, 2.45) is 5.73 Å². The maximum atomic E-state index is 11.3. The minimum atomic E-state index is -0.250. The third-order valence-corrected chi connectivity index (χ3v) is 3.42. The van der Waals surface area contributed by atoms with Crippen molar-refractivity contribution in [3.63, 3.8) is 0 Å². The molecule has 0 aromatic heterocycles. The van der Waals surface area contributed by atoms with Gasteiger partial charge in [0.05, 0.1) is 17.1 Å². The molecule has 0 aliphatic carbocycles. The zero-order valence-corrected chi connectivity index (χ0v) is 12.5. The second-order valence-corrected chi connectivity index (χ2v) is 5.33. The van der Waals surface area contributed by atoms with E-state index < -0.39 is 0 Å². The summed E-state index contributed by atoms with van der Waals surface area (Å²) in [6.07, 6.45) is 0.669. The van der Waals surface area contributed by atoms with Crippen LogP contribution in [0.3, 0.4) is 0 Å². The van der Waals surface area contributed by atoms with Gasteiger partial charge in [0.15, 0.2) is 0 Å². The van der Waals surface area contributed by atoms with E-state index in [0.29, 0.717) is 16.5 Å². The van der Waals surface area contributed by atoms with Crippen LogP contribution in [0.15, 0.2) is 21.1 Å². The summed E-state index contributed by atoms with van der Waals surface area (Å²) in [6, 6.07) is 3.28. The summed E-state index contributed by atoms with van der Waals surface area (Å²) in [5.74, 6) is -0.107. The van der Waals surface area contributed by atoms with Gasteiger partial charge in [-0.3, -0.25) is 4.79 Å². The number of rotatable bonds is 4. The fourth-order valence-corrected chi connectivity index (χ4v) is 2.76. The second kappa shape index (κ2) is 6.37. The number of nitrogens with one attached hydrogen (secondary N) is 1. The Bertz CT molecular complexity index is 424. The molecule has 1 unspecified atom stereocenters. The molecule has 4 N–H and O–H groups in total. The van der Waals surface area contributed by atoms with E-state index in [4.69, 9.17) is 5.73 Å². The molecule has 0 saturated heterocycles. The lowest BCUT2D eigenvalue weighted by Crippen LogP contribution is -2.33. The zero-order chi connectivity index (χ0) is 13.0. The number of aromatic hydroxyl groups is 1.